The normalized spacial score (nSPS) is 11.7. The van der Waals surface area contributed by atoms with Gasteiger partial charge in [-0.3, -0.25) is 0 Å². The van der Waals surface area contributed by atoms with Crippen LogP contribution in [0.5, 0.6) is 46.0 Å². The molecule has 0 saturated heterocycles. The van der Waals surface area contributed by atoms with Crippen molar-refractivity contribution in [2.24, 2.45) is 0 Å². The summed E-state index contributed by atoms with van der Waals surface area (Å²) in [5.41, 5.74) is 9.08. The lowest BCUT2D eigenvalue weighted by Crippen LogP contribution is -1.99. The van der Waals surface area contributed by atoms with Crippen LogP contribution in [0.25, 0.3) is 68.6 Å². The molecule has 0 spiro atoms. The van der Waals surface area contributed by atoms with E-state index >= 15 is 0 Å². The van der Waals surface area contributed by atoms with Crippen molar-refractivity contribution in [2.45, 2.75) is 39.5 Å². The van der Waals surface area contributed by atoms with Crippen molar-refractivity contribution in [1.82, 2.24) is 19.9 Å². The maximum Gasteiger partial charge on any atom is 0.203 e. The van der Waals surface area contributed by atoms with Crippen molar-refractivity contribution in [2.75, 3.05) is 55.9 Å². The van der Waals surface area contributed by atoms with Crippen LogP contribution in [0.2, 0.25) is 0 Å². The molecule has 0 amide bonds. The summed E-state index contributed by atoms with van der Waals surface area (Å²) >= 11 is 0. The number of aromatic amines is 2. The quantitative estimate of drug-likeness (QED) is 0.0913. The van der Waals surface area contributed by atoms with Crippen molar-refractivity contribution in [1.29, 1.82) is 0 Å². The van der Waals surface area contributed by atoms with E-state index in [1.165, 1.54) is 0 Å². The van der Waals surface area contributed by atoms with E-state index in [9.17, 15) is 0 Å². The molecule has 0 fully saturated rings. The Hall–Kier alpha value is -6.56. The van der Waals surface area contributed by atoms with E-state index in [1.807, 2.05) is 72.8 Å². The summed E-state index contributed by atoms with van der Waals surface area (Å²) in [5, 5.41) is 0. The van der Waals surface area contributed by atoms with Crippen LogP contribution in [-0.4, -0.2) is 75.8 Å². The molecule has 12 heteroatoms. The lowest BCUT2D eigenvalue weighted by Gasteiger charge is -2.15. The zero-order valence-electron chi connectivity index (χ0n) is 34.3. The highest BCUT2D eigenvalue weighted by Gasteiger charge is 2.23. The lowest BCUT2D eigenvalue weighted by molar-refractivity contribution is 0.311. The zero-order chi connectivity index (χ0) is 40.8. The van der Waals surface area contributed by atoms with Gasteiger partial charge < -0.3 is 47.9 Å². The first-order valence-corrected chi connectivity index (χ1v) is 19.4. The number of nitrogens with zero attached hydrogens (tertiary/aromatic N) is 2. The van der Waals surface area contributed by atoms with E-state index < -0.39 is 0 Å². The number of hydrogen-bond acceptors (Lipinski definition) is 10. The third-order valence-corrected chi connectivity index (χ3v) is 10.1. The Kier molecular flexibility index (Phi) is 12.1. The van der Waals surface area contributed by atoms with E-state index in [-0.39, 0.29) is 0 Å². The van der Waals surface area contributed by atoms with Gasteiger partial charge in [0.1, 0.15) is 11.4 Å². The number of nitrogens with one attached hydrogen (secondary N) is 2. The molecule has 2 aliphatic rings. The predicted octanol–water partition coefficient (Wildman–Crippen LogP) is 10.4. The van der Waals surface area contributed by atoms with Gasteiger partial charge in [0.05, 0.1) is 78.3 Å². The molecule has 0 aliphatic carbocycles. The van der Waals surface area contributed by atoms with Crippen LogP contribution < -0.4 is 37.9 Å². The van der Waals surface area contributed by atoms with Crippen molar-refractivity contribution in [3.05, 3.63) is 71.3 Å². The molecule has 2 N–H and O–H groups in total. The second-order valence-corrected chi connectivity index (χ2v) is 13.6. The Labute approximate surface area is 338 Å². The number of H-pyrrole nitrogens is 2. The van der Waals surface area contributed by atoms with Gasteiger partial charge in [-0.2, -0.15) is 0 Å². The summed E-state index contributed by atoms with van der Waals surface area (Å²) in [6, 6.07) is 15.8. The molecule has 5 heterocycles. The van der Waals surface area contributed by atoms with Gasteiger partial charge in [0.2, 0.25) is 11.5 Å². The topological polar surface area (TPSA) is 131 Å². The van der Waals surface area contributed by atoms with E-state index in [2.05, 4.69) is 23.8 Å². The molecule has 0 radical (unpaired) electrons. The minimum absolute atomic E-state index is 0.495. The van der Waals surface area contributed by atoms with Crippen LogP contribution >= 0.6 is 0 Å². The number of benzene rings is 2. The fraction of sp³-hybridized carbons (Fsp3) is 0.304. The van der Waals surface area contributed by atoms with E-state index in [1.54, 1.807) is 42.7 Å². The highest BCUT2D eigenvalue weighted by molar-refractivity contribution is 5.96. The molecule has 0 atom stereocenters. The molecule has 7 rings (SSSR count). The Morgan fingerprint density at radius 1 is 0.431 bits per heavy atom. The highest BCUT2D eigenvalue weighted by atomic mass is 16.5. The molecule has 5 aromatic rings. The third kappa shape index (κ3) is 7.61. The van der Waals surface area contributed by atoms with Gasteiger partial charge in [-0.05, 0) is 96.8 Å². The maximum absolute atomic E-state index is 6.58. The summed E-state index contributed by atoms with van der Waals surface area (Å²) in [6.45, 7) is 5.30. The molecule has 0 unspecified atom stereocenters. The lowest BCUT2D eigenvalue weighted by atomic mass is 10.0. The van der Waals surface area contributed by atoms with Crippen molar-refractivity contribution in [3.63, 3.8) is 0 Å². The molecule has 302 valence electrons. The van der Waals surface area contributed by atoms with E-state index in [4.69, 9.17) is 47.9 Å². The second-order valence-electron chi connectivity index (χ2n) is 13.6. The van der Waals surface area contributed by atoms with Gasteiger partial charge >= 0.3 is 0 Å². The fourth-order valence-corrected chi connectivity index (χ4v) is 7.15. The first-order valence-electron chi connectivity index (χ1n) is 19.4. The van der Waals surface area contributed by atoms with Crippen molar-refractivity contribution in [3.8, 4) is 68.2 Å². The van der Waals surface area contributed by atoms with Crippen LogP contribution in [0.15, 0.2) is 48.5 Å². The predicted molar refractivity (Wildman–Crippen MR) is 230 cm³/mol. The highest BCUT2D eigenvalue weighted by Crippen LogP contribution is 2.45. The van der Waals surface area contributed by atoms with Crippen molar-refractivity contribution < 1.29 is 37.9 Å². The number of methoxy groups -OCH3 is 6. The van der Waals surface area contributed by atoms with Gasteiger partial charge in [-0.15, -0.1) is 0 Å². The molecule has 3 aromatic heterocycles. The molecule has 2 aromatic carbocycles. The number of hydrogen-bond donors (Lipinski definition) is 2. The third-order valence-electron chi connectivity index (χ3n) is 10.1. The number of rotatable bonds is 16. The monoisotopic (exact) mass is 786 g/mol. The molecule has 8 bridgehead atoms. The Bertz CT molecular complexity index is 2310. The summed E-state index contributed by atoms with van der Waals surface area (Å²) < 4.78 is 47.7. The second kappa shape index (κ2) is 17.7. The molecular weight excluding hydrogens is 737 g/mol. The van der Waals surface area contributed by atoms with Gasteiger partial charge in [-0.1, -0.05) is 26.7 Å². The SMILES string of the molecule is CCCCOc1c2nc(c(-c3cc(OC)c(OC)c(OC)c3)c3ccc([nH]3)c(OCCCC)c3nc(c(-c4cc(OC)c(OC)c(OC)c4)c4ccc1[nH]4)C=C3)C=C2. The number of fused-ring (bicyclic) bond motifs is 8. The van der Waals surface area contributed by atoms with Crippen LogP contribution in [0.1, 0.15) is 62.3 Å². The van der Waals surface area contributed by atoms with Gasteiger partial charge in [0.15, 0.2) is 34.5 Å². The minimum atomic E-state index is 0.495. The van der Waals surface area contributed by atoms with E-state index in [0.717, 1.165) is 70.0 Å². The zero-order valence-corrected chi connectivity index (χ0v) is 34.3. The van der Waals surface area contributed by atoms with Crippen LogP contribution in [0.3, 0.4) is 0 Å². The standard InChI is InChI=1S/C46H50N4O8/c1-9-11-21-57-43-33-17-13-29(47-33)41(27-23-37(51-3)45(55-7)38(24-27)52-4)31-15-19-35(49-31)44(58-22-12-10-2)36-20-16-32(50-36)42(30-14-18-34(43)48-30)28-25-39(53-5)46(56-8)40(26-28)54-6/h13-20,23-26,47,50H,9-12,21-22H2,1-8H3. The Morgan fingerprint density at radius 2 is 0.776 bits per heavy atom. The average Bonchev–Trinajstić information content (AvgIpc) is 4.10. The number of ether oxygens (including phenoxy) is 8. The molecular formula is C46H50N4O8. The summed E-state index contributed by atoms with van der Waals surface area (Å²) in [4.78, 5) is 17.9. The molecule has 2 aliphatic heterocycles. The van der Waals surface area contributed by atoms with E-state index in [0.29, 0.717) is 82.0 Å². The minimum Gasteiger partial charge on any atom is -0.493 e. The number of unbranched alkanes of at least 4 members (excludes halogenated alkanes) is 2. The largest absolute Gasteiger partial charge is 0.493 e. The Morgan fingerprint density at radius 3 is 1.10 bits per heavy atom. The van der Waals surface area contributed by atoms with Crippen LogP contribution in [-0.2, 0) is 0 Å². The van der Waals surface area contributed by atoms with Gasteiger partial charge in [0, 0.05) is 22.2 Å². The molecule has 58 heavy (non-hydrogen) atoms. The summed E-state index contributed by atoms with van der Waals surface area (Å²) in [7, 11) is 9.61. The van der Waals surface area contributed by atoms with Crippen molar-refractivity contribution >= 4 is 46.4 Å². The average molecular weight is 787 g/mol. The van der Waals surface area contributed by atoms with Gasteiger partial charge in [0.25, 0.3) is 0 Å². The smallest absolute Gasteiger partial charge is 0.203 e. The van der Waals surface area contributed by atoms with Crippen LogP contribution in [0.4, 0.5) is 0 Å². The molecule has 0 saturated carbocycles. The fourth-order valence-electron chi connectivity index (χ4n) is 7.15. The van der Waals surface area contributed by atoms with Gasteiger partial charge in [-0.25, -0.2) is 9.97 Å². The first kappa shape index (κ1) is 39.7. The Balaban J connectivity index is 1.63. The number of aromatic nitrogens is 4. The van der Waals surface area contributed by atoms with Crippen LogP contribution in [0, 0.1) is 0 Å². The summed E-state index contributed by atoms with van der Waals surface area (Å²) in [6.07, 6.45) is 11.7. The molecule has 12 nitrogen and oxygen atoms in total. The maximum atomic E-state index is 6.58. The summed E-state index contributed by atoms with van der Waals surface area (Å²) in [5.74, 6) is 4.31. The first-order chi connectivity index (χ1) is 28.4.